The minimum Gasteiger partial charge on any atom is -0.475 e. The lowest BCUT2D eigenvalue weighted by Gasteiger charge is -2.23. The zero-order chi connectivity index (χ0) is 16.1. The van der Waals surface area contributed by atoms with Gasteiger partial charge in [-0.1, -0.05) is 31.9 Å². The van der Waals surface area contributed by atoms with Crippen molar-refractivity contribution in [3.63, 3.8) is 0 Å². The van der Waals surface area contributed by atoms with E-state index in [9.17, 15) is 4.79 Å². The van der Waals surface area contributed by atoms with Crippen LogP contribution in [0.3, 0.4) is 0 Å². The van der Waals surface area contributed by atoms with Crippen molar-refractivity contribution in [3.8, 4) is 17.6 Å². The fourth-order valence-electron chi connectivity index (χ4n) is 2.04. The number of carbonyl (C=O) groups is 1. The van der Waals surface area contributed by atoms with Gasteiger partial charge in [0, 0.05) is 5.41 Å². The van der Waals surface area contributed by atoms with Crippen molar-refractivity contribution >= 4 is 5.91 Å². The van der Waals surface area contributed by atoms with Crippen molar-refractivity contribution in [2.75, 3.05) is 0 Å². The Morgan fingerprint density at radius 3 is 2.29 bits per heavy atom. The van der Waals surface area contributed by atoms with E-state index in [0.717, 1.165) is 11.3 Å². The van der Waals surface area contributed by atoms with Gasteiger partial charge in [0.15, 0.2) is 5.60 Å². The smallest absolute Gasteiger partial charge is 0.249 e. The van der Waals surface area contributed by atoms with Crippen molar-refractivity contribution in [2.24, 2.45) is 5.41 Å². The average Bonchev–Trinajstić information content (AvgIpc) is 2.39. The number of hydrogen-bond donors (Lipinski definition) is 2. The molecule has 1 aromatic rings. The van der Waals surface area contributed by atoms with Crippen molar-refractivity contribution in [1.82, 2.24) is 5.48 Å². The van der Waals surface area contributed by atoms with Crippen LogP contribution in [0.1, 0.15) is 40.2 Å². The highest BCUT2D eigenvalue weighted by atomic mass is 16.5. The molecule has 0 saturated carbocycles. The Labute approximate surface area is 126 Å². The van der Waals surface area contributed by atoms with Gasteiger partial charge in [-0.15, -0.1) is 5.92 Å². The van der Waals surface area contributed by atoms with Gasteiger partial charge in [-0.05, 0) is 44.9 Å². The minimum atomic E-state index is -0.677. The first kappa shape index (κ1) is 17.1. The van der Waals surface area contributed by atoms with E-state index < -0.39 is 16.9 Å². The molecule has 0 radical (unpaired) electrons. The summed E-state index contributed by atoms with van der Waals surface area (Å²) in [6, 6.07) is 7.55. The van der Waals surface area contributed by atoms with E-state index >= 15 is 0 Å². The molecule has 0 aliphatic heterocycles. The average molecular weight is 289 g/mol. The molecule has 21 heavy (non-hydrogen) atoms. The predicted octanol–water partition coefficient (Wildman–Crippen LogP) is 2.94. The maximum Gasteiger partial charge on any atom is 0.249 e. The van der Waals surface area contributed by atoms with E-state index in [2.05, 4.69) is 11.8 Å². The highest BCUT2D eigenvalue weighted by Crippen LogP contribution is 2.24. The molecule has 4 nitrogen and oxygen atoms in total. The van der Waals surface area contributed by atoms with Crippen LogP contribution in [-0.2, 0) is 11.2 Å². The third-order valence-corrected chi connectivity index (χ3v) is 3.08. The van der Waals surface area contributed by atoms with E-state index in [-0.39, 0.29) is 0 Å². The molecule has 4 heteroatoms. The fraction of sp³-hybridized carbons (Fsp3) is 0.471. The summed E-state index contributed by atoms with van der Waals surface area (Å²) in [6.07, 6.45) is 0.526. The van der Waals surface area contributed by atoms with Crippen molar-refractivity contribution in [2.45, 2.75) is 46.6 Å². The normalized spacial score (nSPS) is 11.3. The number of carbonyl (C=O) groups excluding carboxylic acids is 1. The molecule has 0 saturated heterocycles. The summed E-state index contributed by atoms with van der Waals surface area (Å²) in [6.45, 7) is 9.16. The van der Waals surface area contributed by atoms with E-state index in [0.29, 0.717) is 6.42 Å². The lowest BCUT2D eigenvalue weighted by Crippen LogP contribution is -2.36. The van der Waals surface area contributed by atoms with Crippen LogP contribution in [0.4, 0.5) is 0 Å². The maximum absolute atomic E-state index is 11.6. The lowest BCUT2D eigenvalue weighted by atomic mass is 9.85. The van der Waals surface area contributed by atoms with E-state index in [1.807, 2.05) is 38.1 Å². The topological polar surface area (TPSA) is 58.6 Å². The van der Waals surface area contributed by atoms with Gasteiger partial charge >= 0.3 is 0 Å². The Hall–Kier alpha value is -1.99. The van der Waals surface area contributed by atoms with Crippen molar-refractivity contribution in [1.29, 1.82) is 0 Å². The summed E-state index contributed by atoms with van der Waals surface area (Å²) in [5.74, 6) is 6.17. The van der Waals surface area contributed by atoms with Crippen molar-refractivity contribution < 1.29 is 14.7 Å². The summed E-state index contributed by atoms with van der Waals surface area (Å²) in [4.78, 5) is 11.6. The van der Waals surface area contributed by atoms with E-state index in [1.54, 1.807) is 26.3 Å². The third kappa shape index (κ3) is 5.13. The molecule has 0 fully saturated rings. The quantitative estimate of drug-likeness (QED) is 0.498. The standard InChI is InChI=1S/C17H23NO3/c1-6-11-17(4,5)21-14-9-7-13(8-10-14)12-16(2,3)15(19)18-20/h7-10,20H,12H2,1-5H3,(H,18,19). The van der Waals surface area contributed by atoms with Gasteiger partial charge in [0.05, 0.1) is 0 Å². The number of ether oxygens (including phenoxy) is 1. The summed E-state index contributed by atoms with van der Waals surface area (Å²) in [5, 5.41) is 8.74. The summed E-state index contributed by atoms with van der Waals surface area (Å²) in [5.41, 5.74) is 1.49. The number of amides is 1. The molecule has 114 valence electrons. The number of nitrogens with one attached hydrogen (secondary N) is 1. The van der Waals surface area contributed by atoms with Gasteiger partial charge in [0.1, 0.15) is 5.75 Å². The molecule has 0 spiro atoms. The van der Waals surface area contributed by atoms with Crippen LogP contribution in [0.25, 0.3) is 0 Å². The SMILES string of the molecule is CC#CC(C)(C)Oc1ccc(CC(C)(C)C(=O)NO)cc1. The number of benzene rings is 1. The van der Waals surface area contributed by atoms with Crippen LogP contribution in [0.5, 0.6) is 5.75 Å². The second-order valence-electron chi connectivity index (χ2n) is 6.13. The van der Waals surface area contributed by atoms with Gasteiger partial charge in [-0.2, -0.15) is 0 Å². The molecule has 1 rings (SSSR count). The summed E-state index contributed by atoms with van der Waals surface area (Å²) >= 11 is 0. The Balaban J connectivity index is 2.79. The van der Waals surface area contributed by atoms with Gasteiger partial charge in [0.25, 0.3) is 0 Å². The number of hydrogen-bond acceptors (Lipinski definition) is 3. The van der Waals surface area contributed by atoms with Gasteiger partial charge < -0.3 is 4.74 Å². The Bertz CT molecular complexity index is 548. The van der Waals surface area contributed by atoms with E-state index in [4.69, 9.17) is 9.94 Å². The first-order valence-electron chi connectivity index (χ1n) is 6.86. The summed E-state index contributed by atoms with van der Waals surface area (Å²) < 4.78 is 5.80. The second kappa shape index (κ2) is 6.64. The lowest BCUT2D eigenvalue weighted by molar-refractivity contribution is -0.138. The summed E-state index contributed by atoms with van der Waals surface area (Å²) in [7, 11) is 0. The predicted molar refractivity (Wildman–Crippen MR) is 82.0 cm³/mol. The molecule has 1 aromatic carbocycles. The van der Waals surface area contributed by atoms with Gasteiger partial charge in [-0.25, -0.2) is 5.48 Å². The molecule has 0 aliphatic rings. The Morgan fingerprint density at radius 2 is 1.81 bits per heavy atom. The molecule has 0 aromatic heterocycles. The van der Waals surface area contributed by atoms with Crippen LogP contribution in [0, 0.1) is 17.3 Å². The van der Waals surface area contributed by atoms with Crippen LogP contribution in [-0.4, -0.2) is 16.7 Å². The molecular formula is C17H23NO3. The van der Waals surface area contributed by atoms with Crippen LogP contribution in [0.2, 0.25) is 0 Å². The maximum atomic E-state index is 11.6. The minimum absolute atomic E-state index is 0.401. The molecule has 1 amide bonds. The zero-order valence-electron chi connectivity index (χ0n) is 13.3. The third-order valence-electron chi connectivity index (χ3n) is 3.08. The fourth-order valence-corrected chi connectivity index (χ4v) is 2.04. The molecule has 0 atom stereocenters. The van der Waals surface area contributed by atoms with Gasteiger partial charge in [-0.3, -0.25) is 10.0 Å². The van der Waals surface area contributed by atoms with Crippen LogP contribution >= 0.6 is 0 Å². The van der Waals surface area contributed by atoms with Crippen LogP contribution in [0.15, 0.2) is 24.3 Å². The Kier molecular flexibility index (Phi) is 5.40. The van der Waals surface area contributed by atoms with Crippen LogP contribution < -0.4 is 10.2 Å². The Morgan fingerprint density at radius 1 is 1.24 bits per heavy atom. The number of hydroxylamine groups is 1. The highest BCUT2D eigenvalue weighted by molar-refractivity contribution is 5.80. The first-order chi connectivity index (χ1) is 9.70. The molecule has 0 bridgehead atoms. The molecule has 2 N–H and O–H groups in total. The molecule has 0 heterocycles. The first-order valence-corrected chi connectivity index (χ1v) is 6.86. The zero-order valence-corrected chi connectivity index (χ0v) is 13.3. The number of rotatable bonds is 5. The molecule has 0 unspecified atom stereocenters. The molecular weight excluding hydrogens is 266 g/mol. The molecule has 0 aliphatic carbocycles. The van der Waals surface area contributed by atoms with Crippen molar-refractivity contribution in [3.05, 3.63) is 29.8 Å². The second-order valence-corrected chi connectivity index (χ2v) is 6.13. The van der Waals surface area contributed by atoms with E-state index in [1.165, 1.54) is 0 Å². The highest BCUT2D eigenvalue weighted by Gasteiger charge is 2.27. The largest absolute Gasteiger partial charge is 0.475 e. The van der Waals surface area contributed by atoms with Gasteiger partial charge in [0.2, 0.25) is 5.91 Å². The monoisotopic (exact) mass is 289 g/mol.